The Hall–Kier alpha value is -2.94. The van der Waals surface area contributed by atoms with Gasteiger partial charge in [-0.15, -0.1) is 0 Å². The standard InChI is InChI=1S/C24H25ClN2O5S/c1-15-12-21(16(2)11-20(15)25)33(31,32)27-24(3)13-18(17-7-5-4-6-8-17)9-10-19(24)23(30)26-14-22(28)29/h4-12,27H,13-14H2,1-3H3,(H,26,30)(H,28,29). The number of carbonyl (C=O) groups is 2. The van der Waals surface area contributed by atoms with Crippen LogP contribution in [0.25, 0.3) is 5.57 Å². The van der Waals surface area contributed by atoms with Gasteiger partial charge in [0.1, 0.15) is 6.54 Å². The third kappa shape index (κ3) is 5.52. The van der Waals surface area contributed by atoms with Crippen LogP contribution in [0.2, 0.25) is 5.02 Å². The van der Waals surface area contributed by atoms with Crippen molar-refractivity contribution in [3.05, 3.63) is 81.9 Å². The molecule has 0 radical (unpaired) electrons. The first kappa shape index (κ1) is 24.7. The van der Waals surface area contributed by atoms with Crippen LogP contribution in [0.15, 0.2) is 65.1 Å². The first-order chi connectivity index (χ1) is 15.4. The van der Waals surface area contributed by atoms with Crippen molar-refractivity contribution in [1.29, 1.82) is 0 Å². The number of allylic oxidation sites excluding steroid dienone is 2. The van der Waals surface area contributed by atoms with E-state index in [9.17, 15) is 18.0 Å². The third-order valence-corrected chi connectivity index (χ3v) is 7.63. The van der Waals surface area contributed by atoms with E-state index >= 15 is 0 Å². The zero-order chi connectivity index (χ0) is 24.4. The van der Waals surface area contributed by atoms with Gasteiger partial charge in [-0.3, -0.25) is 9.59 Å². The van der Waals surface area contributed by atoms with E-state index < -0.39 is 34.0 Å². The third-order valence-electron chi connectivity index (χ3n) is 5.48. The van der Waals surface area contributed by atoms with Crippen LogP contribution in [0.3, 0.4) is 0 Å². The molecule has 7 nitrogen and oxygen atoms in total. The molecular weight excluding hydrogens is 464 g/mol. The molecule has 1 amide bonds. The molecule has 9 heteroatoms. The Morgan fingerprint density at radius 3 is 2.39 bits per heavy atom. The van der Waals surface area contributed by atoms with Gasteiger partial charge in [0.2, 0.25) is 15.9 Å². The van der Waals surface area contributed by atoms with Gasteiger partial charge in [-0.2, -0.15) is 0 Å². The van der Waals surface area contributed by atoms with Crippen LogP contribution in [0.1, 0.15) is 30.0 Å². The average molecular weight is 489 g/mol. The highest BCUT2D eigenvalue weighted by molar-refractivity contribution is 7.89. The lowest BCUT2D eigenvalue weighted by Crippen LogP contribution is -2.52. The fourth-order valence-electron chi connectivity index (χ4n) is 3.82. The second kappa shape index (κ2) is 9.51. The van der Waals surface area contributed by atoms with Gasteiger partial charge in [-0.25, -0.2) is 13.1 Å². The normalized spacial score (nSPS) is 18.3. The Labute approximate surface area is 198 Å². The van der Waals surface area contributed by atoms with Crippen LogP contribution in [-0.4, -0.2) is 37.5 Å². The Kier molecular flexibility index (Phi) is 7.11. The summed E-state index contributed by atoms with van der Waals surface area (Å²) in [5.74, 6) is -1.86. The molecule has 0 saturated heterocycles. The largest absolute Gasteiger partial charge is 0.480 e. The number of carboxylic acid groups (broad SMARTS) is 1. The number of sulfonamides is 1. The summed E-state index contributed by atoms with van der Waals surface area (Å²) >= 11 is 6.13. The number of amides is 1. The molecule has 1 atom stereocenters. The molecule has 1 aliphatic carbocycles. The van der Waals surface area contributed by atoms with Crippen molar-refractivity contribution in [1.82, 2.24) is 10.0 Å². The molecule has 1 unspecified atom stereocenters. The van der Waals surface area contributed by atoms with Crippen molar-refractivity contribution in [2.45, 2.75) is 37.6 Å². The maximum absolute atomic E-state index is 13.4. The second-order valence-corrected chi connectivity index (χ2v) is 10.3. The molecule has 0 saturated carbocycles. The minimum Gasteiger partial charge on any atom is -0.480 e. The van der Waals surface area contributed by atoms with Crippen LogP contribution in [0, 0.1) is 13.8 Å². The number of halogens is 1. The van der Waals surface area contributed by atoms with Crippen molar-refractivity contribution < 1.29 is 23.1 Å². The first-order valence-electron chi connectivity index (χ1n) is 10.2. The van der Waals surface area contributed by atoms with Gasteiger partial charge in [-0.1, -0.05) is 54.1 Å². The van der Waals surface area contributed by atoms with Crippen LogP contribution in [0.4, 0.5) is 0 Å². The average Bonchev–Trinajstić information content (AvgIpc) is 2.74. The number of carbonyl (C=O) groups excluding carboxylic acids is 1. The number of benzene rings is 2. The van der Waals surface area contributed by atoms with Crippen molar-refractivity contribution in [2.24, 2.45) is 0 Å². The number of rotatable bonds is 7. The maximum Gasteiger partial charge on any atom is 0.322 e. The summed E-state index contributed by atoms with van der Waals surface area (Å²) in [6.07, 6.45) is 3.47. The van der Waals surface area contributed by atoms with Gasteiger partial charge in [0.05, 0.1) is 10.4 Å². The summed E-state index contributed by atoms with van der Waals surface area (Å²) in [4.78, 5) is 23.8. The van der Waals surface area contributed by atoms with E-state index in [0.29, 0.717) is 16.1 Å². The van der Waals surface area contributed by atoms with E-state index in [1.54, 1.807) is 32.9 Å². The Morgan fingerprint density at radius 2 is 1.76 bits per heavy atom. The summed E-state index contributed by atoms with van der Waals surface area (Å²) in [5.41, 5.74) is 1.59. The second-order valence-electron chi connectivity index (χ2n) is 8.20. The number of aliphatic carboxylic acids is 1. The quantitative estimate of drug-likeness (QED) is 0.551. The predicted octanol–water partition coefficient (Wildman–Crippen LogP) is 3.61. The summed E-state index contributed by atoms with van der Waals surface area (Å²) < 4.78 is 29.6. The van der Waals surface area contributed by atoms with Gasteiger partial charge >= 0.3 is 5.97 Å². The molecule has 3 N–H and O–H groups in total. The monoisotopic (exact) mass is 488 g/mol. The van der Waals surface area contributed by atoms with E-state index in [-0.39, 0.29) is 16.9 Å². The summed E-state index contributed by atoms with van der Waals surface area (Å²) in [7, 11) is -4.06. The summed E-state index contributed by atoms with van der Waals surface area (Å²) in [6, 6.07) is 12.5. The van der Waals surface area contributed by atoms with Gasteiger partial charge in [0.25, 0.3) is 0 Å². The van der Waals surface area contributed by atoms with Gasteiger partial charge in [-0.05, 0) is 61.6 Å². The number of aryl methyl sites for hydroxylation is 2. The Morgan fingerprint density at radius 1 is 1.09 bits per heavy atom. The Balaban J connectivity index is 2.04. The molecule has 2 aromatic carbocycles. The van der Waals surface area contributed by atoms with Crippen LogP contribution in [-0.2, 0) is 19.6 Å². The molecule has 174 valence electrons. The van der Waals surface area contributed by atoms with Gasteiger partial charge in [0, 0.05) is 10.6 Å². The highest BCUT2D eigenvalue weighted by Gasteiger charge is 2.40. The smallest absolute Gasteiger partial charge is 0.322 e. The first-order valence-corrected chi connectivity index (χ1v) is 12.1. The molecule has 0 heterocycles. The van der Waals surface area contributed by atoms with Crippen LogP contribution in [0.5, 0.6) is 0 Å². The lowest BCUT2D eigenvalue weighted by Gasteiger charge is -2.36. The molecule has 0 aromatic heterocycles. The van der Waals surface area contributed by atoms with Crippen LogP contribution >= 0.6 is 11.6 Å². The molecular formula is C24H25ClN2O5S. The fourth-order valence-corrected chi connectivity index (χ4v) is 5.74. The SMILES string of the molecule is Cc1cc(S(=O)(=O)NC2(C)CC(c3ccccc3)=CC=C2C(=O)NCC(=O)O)c(C)cc1Cl. The van der Waals surface area contributed by atoms with E-state index in [4.69, 9.17) is 16.7 Å². The molecule has 1 aliphatic rings. The zero-order valence-electron chi connectivity index (χ0n) is 18.5. The fraction of sp³-hybridized carbons (Fsp3) is 0.250. The predicted molar refractivity (Wildman–Crippen MR) is 127 cm³/mol. The molecule has 0 fully saturated rings. The lowest BCUT2D eigenvalue weighted by atomic mass is 9.79. The zero-order valence-corrected chi connectivity index (χ0v) is 20.0. The number of hydrogen-bond donors (Lipinski definition) is 3. The van der Waals surface area contributed by atoms with Crippen molar-refractivity contribution in [3.63, 3.8) is 0 Å². The van der Waals surface area contributed by atoms with E-state index in [1.807, 2.05) is 30.3 Å². The highest BCUT2D eigenvalue weighted by atomic mass is 35.5. The lowest BCUT2D eigenvalue weighted by molar-refractivity contribution is -0.137. The van der Waals surface area contributed by atoms with Crippen LogP contribution < -0.4 is 10.0 Å². The minimum atomic E-state index is -4.06. The van der Waals surface area contributed by atoms with E-state index in [1.165, 1.54) is 12.1 Å². The number of hydrogen-bond acceptors (Lipinski definition) is 4. The summed E-state index contributed by atoms with van der Waals surface area (Å²) in [6.45, 7) is 4.40. The topological polar surface area (TPSA) is 113 Å². The number of nitrogens with one attached hydrogen (secondary N) is 2. The van der Waals surface area contributed by atoms with Crippen molar-refractivity contribution >= 4 is 39.1 Å². The molecule has 3 rings (SSSR count). The molecule has 0 spiro atoms. The van der Waals surface area contributed by atoms with Gasteiger partial charge < -0.3 is 10.4 Å². The van der Waals surface area contributed by atoms with Crippen molar-refractivity contribution in [2.75, 3.05) is 6.54 Å². The summed E-state index contributed by atoms with van der Waals surface area (Å²) in [5, 5.41) is 11.7. The molecule has 0 bridgehead atoms. The van der Waals surface area contributed by atoms with Crippen molar-refractivity contribution in [3.8, 4) is 0 Å². The van der Waals surface area contributed by atoms with Gasteiger partial charge in [0.15, 0.2) is 0 Å². The molecule has 0 aliphatic heterocycles. The Bertz CT molecular complexity index is 1270. The highest BCUT2D eigenvalue weighted by Crippen LogP contribution is 2.36. The molecule has 33 heavy (non-hydrogen) atoms. The van der Waals surface area contributed by atoms with E-state index in [2.05, 4.69) is 10.0 Å². The minimum absolute atomic E-state index is 0.0618. The van der Waals surface area contributed by atoms with E-state index in [0.717, 1.165) is 11.1 Å². The molecule has 2 aromatic rings. The number of carboxylic acids is 1. The maximum atomic E-state index is 13.4.